The Labute approximate surface area is 84.3 Å². The smallest absolute Gasteiger partial charge is 0.123 e. The molecule has 0 saturated heterocycles. The van der Waals surface area contributed by atoms with Crippen molar-refractivity contribution in [3.8, 4) is 0 Å². The standard InChI is InChI=1S/C11H17FN2/c1-9(13)8-14-7-6-10-2-4-11(12)5-3-10/h2-5,9,14H,6-8,13H2,1H3. The average molecular weight is 196 g/mol. The van der Waals surface area contributed by atoms with Gasteiger partial charge in [0.05, 0.1) is 0 Å². The Balaban J connectivity index is 2.21. The first kappa shape index (κ1) is 11.1. The molecule has 1 rings (SSSR count). The quantitative estimate of drug-likeness (QED) is 0.697. The van der Waals surface area contributed by atoms with Gasteiger partial charge in [0.1, 0.15) is 5.82 Å². The van der Waals surface area contributed by atoms with Crippen molar-refractivity contribution in [1.29, 1.82) is 0 Å². The van der Waals surface area contributed by atoms with E-state index in [1.54, 1.807) is 0 Å². The maximum atomic E-state index is 12.5. The van der Waals surface area contributed by atoms with Crippen LogP contribution in [0, 0.1) is 5.82 Å². The zero-order chi connectivity index (χ0) is 10.4. The number of benzene rings is 1. The van der Waals surface area contributed by atoms with E-state index in [0.717, 1.165) is 25.1 Å². The summed E-state index contributed by atoms with van der Waals surface area (Å²) in [5.41, 5.74) is 6.72. The Morgan fingerprint density at radius 2 is 2.00 bits per heavy atom. The normalized spacial score (nSPS) is 12.8. The number of halogens is 1. The van der Waals surface area contributed by atoms with Crippen LogP contribution >= 0.6 is 0 Å². The topological polar surface area (TPSA) is 38.0 Å². The van der Waals surface area contributed by atoms with Crippen molar-refractivity contribution < 1.29 is 4.39 Å². The van der Waals surface area contributed by atoms with Gasteiger partial charge in [-0.1, -0.05) is 12.1 Å². The predicted octanol–water partition coefficient (Wildman–Crippen LogP) is 1.30. The molecule has 0 radical (unpaired) electrons. The van der Waals surface area contributed by atoms with Crippen LogP contribution in [-0.2, 0) is 6.42 Å². The summed E-state index contributed by atoms with van der Waals surface area (Å²) >= 11 is 0. The summed E-state index contributed by atoms with van der Waals surface area (Å²) in [4.78, 5) is 0. The minimum Gasteiger partial charge on any atom is -0.327 e. The van der Waals surface area contributed by atoms with Crippen LogP contribution in [0.25, 0.3) is 0 Å². The SMILES string of the molecule is CC(N)CNCCc1ccc(F)cc1. The van der Waals surface area contributed by atoms with Crippen LogP contribution in [0.4, 0.5) is 4.39 Å². The van der Waals surface area contributed by atoms with Gasteiger partial charge in [0, 0.05) is 12.6 Å². The Morgan fingerprint density at radius 1 is 1.36 bits per heavy atom. The number of nitrogens with two attached hydrogens (primary N) is 1. The predicted molar refractivity (Wildman–Crippen MR) is 56.6 cm³/mol. The molecule has 2 nitrogen and oxygen atoms in total. The maximum absolute atomic E-state index is 12.5. The molecule has 0 aliphatic carbocycles. The lowest BCUT2D eigenvalue weighted by atomic mass is 10.1. The van der Waals surface area contributed by atoms with Gasteiger partial charge < -0.3 is 11.1 Å². The van der Waals surface area contributed by atoms with Crippen molar-refractivity contribution in [2.24, 2.45) is 5.73 Å². The Bertz CT molecular complexity index is 256. The van der Waals surface area contributed by atoms with E-state index in [-0.39, 0.29) is 11.9 Å². The van der Waals surface area contributed by atoms with E-state index in [1.807, 2.05) is 19.1 Å². The molecular formula is C11H17FN2. The monoisotopic (exact) mass is 196 g/mol. The summed E-state index contributed by atoms with van der Waals surface area (Å²) < 4.78 is 12.5. The lowest BCUT2D eigenvalue weighted by molar-refractivity contribution is 0.606. The molecule has 0 aromatic heterocycles. The van der Waals surface area contributed by atoms with E-state index in [2.05, 4.69) is 5.32 Å². The summed E-state index contributed by atoms with van der Waals surface area (Å²) in [6.45, 7) is 3.67. The first-order valence-corrected chi connectivity index (χ1v) is 4.89. The summed E-state index contributed by atoms with van der Waals surface area (Å²) in [6.07, 6.45) is 0.910. The number of hydrogen-bond acceptors (Lipinski definition) is 2. The van der Waals surface area contributed by atoms with Crippen LogP contribution < -0.4 is 11.1 Å². The number of hydrogen-bond donors (Lipinski definition) is 2. The van der Waals surface area contributed by atoms with Crippen molar-refractivity contribution in [3.05, 3.63) is 35.6 Å². The number of nitrogens with one attached hydrogen (secondary N) is 1. The highest BCUT2D eigenvalue weighted by atomic mass is 19.1. The third-order valence-corrected chi connectivity index (χ3v) is 1.97. The van der Waals surface area contributed by atoms with Gasteiger partial charge in [-0.15, -0.1) is 0 Å². The zero-order valence-corrected chi connectivity index (χ0v) is 8.46. The molecule has 0 aliphatic rings. The lowest BCUT2D eigenvalue weighted by Gasteiger charge is -2.07. The molecule has 0 amide bonds. The van der Waals surface area contributed by atoms with Crippen LogP contribution in [0.3, 0.4) is 0 Å². The second-order valence-electron chi connectivity index (χ2n) is 3.56. The van der Waals surface area contributed by atoms with Gasteiger partial charge in [-0.2, -0.15) is 0 Å². The zero-order valence-electron chi connectivity index (χ0n) is 8.46. The summed E-state index contributed by atoms with van der Waals surface area (Å²) in [6, 6.07) is 6.77. The third-order valence-electron chi connectivity index (χ3n) is 1.97. The maximum Gasteiger partial charge on any atom is 0.123 e. The molecule has 3 heteroatoms. The fourth-order valence-corrected chi connectivity index (χ4v) is 1.21. The molecule has 0 saturated carbocycles. The number of rotatable bonds is 5. The van der Waals surface area contributed by atoms with Crippen LogP contribution in [0.1, 0.15) is 12.5 Å². The van der Waals surface area contributed by atoms with E-state index in [1.165, 1.54) is 12.1 Å². The van der Waals surface area contributed by atoms with Crippen LogP contribution in [0.5, 0.6) is 0 Å². The molecule has 0 spiro atoms. The highest BCUT2D eigenvalue weighted by Crippen LogP contribution is 2.02. The average Bonchev–Trinajstić information content (AvgIpc) is 2.15. The Kier molecular flexibility index (Phi) is 4.56. The molecule has 1 aromatic carbocycles. The Hall–Kier alpha value is -0.930. The Morgan fingerprint density at radius 3 is 2.57 bits per heavy atom. The third kappa shape index (κ3) is 4.35. The molecule has 78 valence electrons. The van der Waals surface area contributed by atoms with Crippen molar-refractivity contribution in [2.45, 2.75) is 19.4 Å². The lowest BCUT2D eigenvalue weighted by Crippen LogP contribution is -2.32. The molecule has 1 atom stereocenters. The van der Waals surface area contributed by atoms with E-state index >= 15 is 0 Å². The molecule has 0 heterocycles. The summed E-state index contributed by atoms with van der Waals surface area (Å²) in [5, 5.41) is 3.23. The van der Waals surface area contributed by atoms with Crippen molar-refractivity contribution >= 4 is 0 Å². The molecule has 0 fully saturated rings. The van der Waals surface area contributed by atoms with Gasteiger partial charge in [0.15, 0.2) is 0 Å². The molecule has 14 heavy (non-hydrogen) atoms. The van der Waals surface area contributed by atoms with Gasteiger partial charge in [-0.25, -0.2) is 4.39 Å². The molecule has 0 aliphatic heterocycles. The molecule has 1 aromatic rings. The first-order chi connectivity index (χ1) is 6.68. The molecular weight excluding hydrogens is 179 g/mol. The van der Waals surface area contributed by atoms with Crippen molar-refractivity contribution in [3.63, 3.8) is 0 Å². The van der Waals surface area contributed by atoms with Crippen LogP contribution in [0.15, 0.2) is 24.3 Å². The first-order valence-electron chi connectivity index (χ1n) is 4.89. The van der Waals surface area contributed by atoms with E-state index in [0.29, 0.717) is 0 Å². The fraction of sp³-hybridized carbons (Fsp3) is 0.455. The largest absolute Gasteiger partial charge is 0.327 e. The highest BCUT2D eigenvalue weighted by Gasteiger charge is 1.95. The minimum absolute atomic E-state index is 0.183. The van der Waals surface area contributed by atoms with E-state index in [9.17, 15) is 4.39 Å². The van der Waals surface area contributed by atoms with Crippen molar-refractivity contribution in [2.75, 3.05) is 13.1 Å². The fourth-order valence-electron chi connectivity index (χ4n) is 1.21. The molecule has 0 bridgehead atoms. The van der Waals surface area contributed by atoms with Gasteiger partial charge >= 0.3 is 0 Å². The van der Waals surface area contributed by atoms with Gasteiger partial charge in [-0.05, 0) is 37.6 Å². The van der Waals surface area contributed by atoms with Crippen LogP contribution in [0.2, 0.25) is 0 Å². The van der Waals surface area contributed by atoms with Gasteiger partial charge in [-0.3, -0.25) is 0 Å². The second-order valence-corrected chi connectivity index (χ2v) is 3.56. The highest BCUT2D eigenvalue weighted by molar-refractivity contribution is 5.16. The molecule has 1 unspecified atom stereocenters. The van der Waals surface area contributed by atoms with Crippen molar-refractivity contribution in [1.82, 2.24) is 5.32 Å². The second kappa shape index (κ2) is 5.73. The molecule has 3 N–H and O–H groups in total. The van der Waals surface area contributed by atoms with Crippen LogP contribution in [-0.4, -0.2) is 19.1 Å². The minimum atomic E-state index is -0.183. The summed E-state index contributed by atoms with van der Waals surface area (Å²) in [5.74, 6) is -0.183. The van der Waals surface area contributed by atoms with Gasteiger partial charge in [0.2, 0.25) is 0 Å². The summed E-state index contributed by atoms with van der Waals surface area (Å²) in [7, 11) is 0. The van der Waals surface area contributed by atoms with E-state index < -0.39 is 0 Å². The van der Waals surface area contributed by atoms with E-state index in [4.69, 9.17) is 5.73 Å². The van der Waals surface area contributed by atoms with Gasteiger partial charge in [0.25, 0.3) is 0 Å².